The van der Waals surface area contributed by atoms with Gasteiger partial charge in [0.05, 0.1) is 12.4 Å². The van der Waals surface area contributed by atoms with Crippen molar-refractivity contribution in [2.45, 2.75) is 45.6 Å². The topological polar surface area (TPSA) is 38.3 Å². The highest BCUT2D eigenvalue weighted by Crippen LogP contribution is 2.30. The van der Waals surface area contributed by atoms with Crippen molar-refractivity contribution in [2.75, 3.05) is 19.5 Å². The first-order valence-corrected chi connectivity index (χ1v) is 7.83. The highest BCUT2D eigenvalue weighted by Gasteiger charge is 2.12. The van der Waals surface area contributed by atoms with Crippen LogP contribution < -0.4 is 5.32 Å². The number of nitrogens with one attached hydrogen (secondary N) is 1. The van der Waals surface area contributed by atoms with E-state index < -0.39 is 0 Å². The first kappa shape index (κ1) is 17.1. The third-order valence-corrected chi connectivity index (χ3v) is 4.78. The van der Waals surface area contributed by atoms with Crippen LogP contribution in [0.15, 0.2) is 11.0 Å². The highest BCUT2D eigenvalue weighted by molar-refractivity contribution is 8.00. The molecule has 1 aromatic rings. The molecule has 3 nitrogen and oxygen atoms in total. The van der Waals surface area contributed by atoms with Gasteiger partial charge in [0.15, 0.2) is 0 Å². The third-order valence-electron chi connectivity index (χ3n) is 3.47. The van der Waals surface area contributed by atoms with E-state index in [1.54, 1.807) is 18.9 Å². The van der Waals surface area contributed by atoms with Gasteiger partial charge in [-0.3, -0.25) is 4.79 Å². The first-order chi connectivity index (χ1) is 9.36. The lowest BCUT2D eigenvalue weighted by Crippen LogP contribution is -2.36. The lowest BCUT2D eigenvalue weighted by Gasteiger charge is -2.16. The van der Waals surface area contributed by atoms with Crippen LogP contribution in [0.3, 0.4) is 0 Å². The summed E-state index contributed by atoms with van der Waals surface area (Å²) in [5, 5.41) is 2.93. The van der Waals surface area contributed by atoms with E-state index >= 15 is 0 Å². The van der Waals surface area contributed by atoms with Crippen molar-refractivity contribution in [2.24, 2.45) is 0 Å². The van der Waals surface area contributed by atoms with Crippen molar-refractivity contribution in [3.05, 3.63) is 28.3 Å². The van der Waals surface area contributed by atoms with Crippen molar-refractivity contribution in [3.8, 4) is 0 Å². The summed E-state index contributed by atoms with van der Waals surface area (Å²) in [4.78, 5) is 13.1. The van der Waals surface area contributed by atoms with Gasteiger partial charge < -0.3 is 10.1 Å². The first-order valence-electron chi connectivity index (χ1n) is 6.85. The number of hydrogen-bond acceptors (Lipinski definition) is 3. The summed E-state index contributed by atoms with van der Waals surface area (Å²) >= 11 is 1.62. The fourth-order valence-corrected chi connectivity index (χ4v) is 3.26. The van der Waals surface area contributed by atoms with E-state index in [0.29, 0.717) is 12.4 Å². The number of thioether (sulfide) groups is 1. The van der Waals surface area contributed by atoms with E-state index in [-0.39, 0.29) is 11.9 Å². The summed E-state index contributed by atoms with van der Waals surface area (Å²) in [5.41, 5.74) is 5.11. The van der Waals surface area contributed by atoms with Gasteiger partial charge in [0.2, 0.25) is 5.91 Å². The summed E-state index contributed by atoms with van der Waals surface area (Å²) in [6, 6.07) is 2.25. The molecule has 1 amide bonds. The van der Waals surface area contributed by atoms with Gasteiger partial charge in [-0.25, -0.2) is 0 Å². The quantitative estimate of drug-likeness (QED) is 0.819. The Balaban J connectivity index is 2.69. The zero-order valence-corrected chi connectivity index (χ0v) is 14.1. The van der Waals surface area contributed by atoms with Gasteiger partial charge in [-0.1, -0.05) is 6.07 Å². The summed E-state index contributed by atoms with van der Waals surface area (Å²) < 4.78 is 5.02. The van der Waals surface area contributed by atoms with E-state index in [0.717, 1.165) is 0 Å². The normalized spacial score (nSPS) is 12.3. The van der Waals surface area contributed by atoms with Gasteiger partial charge in [0, 0.05) is 18.0 Å². The molecular formula is C16H25NO2S. The minimum atomic E-state index is 0.0505. The Morgan fingerprint density at radius 3 is 2.30 bits per heavy atom. The standard InChI is InChI=1S/C16H25NO2S/c1-10-7-11(2)14(5)16(13(10)4)20-9-15(18)17-12(3)8-19-6/h7,12H,8-9H2,1-6H3,(H,17,18)/t12-/m1/s1. The molecular weight excluding hydrogens is 270 g/mol. The van der Waals surface area contributed by atoms with Gasteiger partial charge in [0.1, 0.15) is 0 Å². The van der Waals surface area contributed by atoms with Gasteiger partial charge in [-0.2, -0.15) is 0 Å². The molecule has 0 radical (unpaired) electrons. The summed E-state index contributed by atoms with van der Waals surface area (Å²) in [6.45, 7) is 11.0. The van der Waals surface area contributed by atoms with Crippen LogP contribution in [0.2, 0.25) is 0 Å². The molecule has 112 valence electrons. The Morgan fingerprint density at radius 1 is 1.25 bits per heavy atom. The number of rotatable bonds is 6. The minimum Gasteiger partial charge on any atom is -0.383 e. The smallest absolute Gasteiger partial charge is 0.230 e. The number of amides is 1. The molecule has 0 saturated heterocycles. The Labute approximate surface area is 126 Å². The van der Waals surface area contributed by atoms with Crippen LogP contribution in [-0.2, 0) is 9.53 Å². The molecule has 1 N–H and O–H groups in total. The summed E-state index contributed by atoms with van der Waals surface area (Å²) in [5.74, 6) is 0.496. The average molecular weight is 295 g/mol. The predicted octanol–water partition coefficient (Wildman–Crippen LogP) is 3.16. The van der Waals surface area contributed by atoms with Crippen LogP contribution in [-0.4, -0.2) is 31.4 Å². The van der Waals surface area contributed by atoms with Crippen LogP contribution in [0.1, 0.15) is 29.2 Å². The number of methoxy groups -OCH3 is 1. The zero-order valence-electron chi connectivity index (χ0n) is 13.3. The largest absolute Gasteiger partial charge is 0.383 e. The van der Waals surface area contributed by atoms with Crippen molar-refractivity contribution in [1.82, 2.24) is 5.32 Å². The average Bonchev–Trinajstić information content (AvgIpc) is 2.36. The molecule has 0 aliphatic heterocycles. The van der Waals surface area contributed by atoms with E-state index in [9.17, 15) is 4.79 Å². The lowest BCUT2D eigenvalue weighted by molar-refractivity contribution is -0.119. The van der Waals surface area contributed by atoms with Crippen molar-refractivity contribution >= 4 is 17.7 Å². The highest BCUT2D eigenvalue weighted by atomic mass is 32.2. The molecule has 1 atom stereocenters. The number of benzene rings is 1. The van der Waals surface area contributed by atoms with Gasteiger partial charge in [-0.05, 0) is 56.9 Å². The molecule has 1 rings (SSSR count). The zero-order chi connectivity index (χ0) is 15.3. The molecule has 1 aromatic carbocycles. The Bertz CT molecular complexity index is 460. The van der Waals surface area contributed by atoms with Crippen LogP contribution in [0.25, 0.3) is 0 Å². The van der Waals surface area contributed by atoms with Crippen LogP contribution in [0, 0.1) is 27.7 Å². The number of ether oxygens (including phenoxy) is 1. The SMILES string of the molecule is COC[C@@H](C)NC(=O)CSc1c(C)c(C)cc(C)c1C. The van der Waals surface area contributed by atoms with Crippen LogP contribution in [0.4, 0.5) is 0 Å². The van der Waals surface area contributed by atoms with E-state index in [1.807, 2.05) is 6.92 Å². The van der Waals surface area contributed by atoms with Gasteiger partial charge >= 0.3 is 0 Å². The second kappa shape index (κ2) is 7.70. The third kappa shape index (κ3) is 4.53. The number of carbonyl (C=O) groups is 1. The Hall–Kier alpha value is -1.00. The minimum absolute atomic E-state index is 0.0505. The molecule has 0 aliphatic rings. The molecule has 0 aromatic heterocycles. The molecule has 0 aliphatic carbocycles. The monoisotopic (exact) mass is 295 g/mol. The maximum atomic E-state index is 11.9. The molecule has 0 unspecified atom stereocenters. The fraction of sp³-hybridized carbons (Fsp3) is 0.562. The Morgan fingerprint density at radius 2 is 1.80 bits per heavy atom. The van der Waals surface area contributed by atoms with Crippen molar-refractivity contribution in [3.63, 3.8) is 0 Å². The number of carbonyl (C=O) groups excluding carboxylic acids is 1. The molecule has 0 heterocycles. The Kier molecular flexibility index (Phi) is 6.56. The maximum Gasteiger partial charge on any atom is 0.230 e. The second-order valence-electron chi connectivity index (χ2n) is 5.30. The molecule has 0 bridgehead atoms. The van der Waals surface area contributed by atoms with E-state index in [2.05, 4.69) is 39.1 Å². The summed E-state index contributed by atoms with van der Waals surface area (Å²) in [6.07, 6.45) is 0. The van der Waals surface area contributed by atoms with Crippen molar-refractivity contribution < 1.29 is 9.53 Å². The van der Waals surface area contributed by atoms with Crippen LogP contribution in [0.5, 0.6) is 0 Å². The molecule has 0 saturated carbocycles. The fourth-order valence-electron chi connectivity index (χ4n) is 2.14. The second-order valence-corrected chi connectivity index (χ2v) is 6.29. The van der Waals surface area contributed by atoms with Gasteiger partial charge in [0.25, 0.3) is 0 Å². The van der Waals surface area contributed by atoms with Crippen LogP contribution >= 0.6 is 11.8 Å². The molecule has 0 spiro atoms. The van der Waals surface area contributed by atoms with E-state index in [1.165, 1.54) is 27.1 Å². The number of aryl methyl sites for hydroxylation is 2. The maximum absolute atomic E-state index is 11.9. The molecule has 20 heavy (non-hydrogen) atoms. The van der Waals surface area contributed by atoms with E-state index in [4.69, 9.17) is 4.74 Å². The van der Waals surface area contributed by atoms with Gasteiger partial charge in [-0.15, -0.1) is 11.8 Å². The predicted molar refractivity (Wildman–Crippen MR) is 85.6 cm³/mol. The van der Waals surface area contributed by atoms with Crippen molar-refractivity contribution in [1.29, 1.82) is 0 Å². The number of hydrogen-bond donors (Lipinski definition) is 1. The molecule has 4 heteroatoms. The molecule has 0 fully saturated rings. The summed E-state index contributed by atoms with van der Waals surface area (Å²) in [7, 11) is 1.64. The lowest BCUT2D eigenvalue weighted by atomic mass is 10.0.